The molecular formula is C31H36N6O4S. The molecule has 1 amide bonds. The molecule has 1 aliphatic rings. The van der Waals surface area contributed by atoms with Crippen LogP contribution in [0.2, 0.25) is 0 Å². The SMILES string of the molecule is Cc1cccc(C)c1-c1nc2nc(c1C)OC[C@@H](CC(C)(C)C)N(c1cnn(C)c1)C(=O)c1cccc(c1)S(=O)(=O)N2. The number of anilines is 2. The van der Waals surface area contributed by atoms with Crippen LogP contribution in [0.3, 0.4) is 0 Å². The molecule has 0 radical (unpaired) electrons. The topological polar surface area (TPSA) is 119 Å². The van der Waals surface area contributed by atoms with Crippen molar-refractivity contribution >= 4 is 27.6 Å². The molecule has 2 aromatic heterocycles. The van der Waals surface area contributed by atoms with Crippen LogP contribution in [0.1, 0.15) is 54.2 Å². The third kappa shape index (κ3) is 5.87. The summed E-state index contributed by atoms with van der Waals surface area (Å²) in [6.07, 6.45) is 3.98. The molecule has 0 saturated heterocycles. The van der Waals surface area contributed by atoms with Gasteiger partial charge < -0.3 is 4.74 Å². The number of hydrogen-bond acceptors (Lipinski definition) is 7. The van der Waals surface area contributed by atoms with Gasteiger partial charge >= 0.3 is 0 Å². The molecule has 11 heteroatoms. The highest BCUT2D eigenvalue weighted by Gasteiger charge is 2.33. The average Bonchev–Trinajstić information content (AvgIpc) is 3.33. The fraction of sp³-hybridized carbons (Fsp3) is 0.355. The average molecular weight is 589 g/mol. The van der Waals surface area contributed by atoms with Crippen molar-refractivity contribution in [3.8, 4) is 17.1 Å². The summed E-state index contributed by atoms with van der Waals surface area (Å²) in [4.78, 5) is 25.0. The molecule has 220 valence electrons. The Balaban J connectivity index is 1.75. The van der Waals surface area contributed by atoms with E-state index < -0.39 is 16.1 Å². The Labute approximate surface area is 246 Å². The highest BCUT2D eigenvalue weighted by Crippen LogP contribution is 2.35. The molecule has 0 fully saturated rings. The van der Waals surface area contributed by atoms with Gasteiger partial charge in [-0.15, -0.1) is 0 Å². The smallest absolute Gasteiger partial charge is 0.264 e. The second-order valence-electron chi connectivity index (χ2n) is 12.0. The summed E-state index contributed by atoms with van der Waals surface area (Å²) >= 11 is 0. The molecule has 0 unspecified atom stereocenters. The number of carbonyl (C=O) groups excluding carboxylic acids is 1. The Bertz CT molecular complexity index is 1750. The molecule has 4 aromatic rings. The van der Waals surface area contributed by atoms with E-state index in [9.17, 15) is 13.2 Å². The van der Waals surface area contributed by atoms with Crippen molar-refractivity contribution in [2.75, 3.05) is 16.2 Å². The summed E-state index contributed by atoms with van der Waals surface area (Å²) in [6.45, 7) is 12.2. The van der Waals surface area contributed by atoms with Gasteiger partial charge in [-0.25, -0.2) is 18.1 Å². The van der Waals surface area contributed by atoms with Gasteiger partial charge in [-0.3, -0.25) is 14.4 Å². The minimum Gasteiger partial charge on any atom is -0.475 e. The summed E-state index contributed by atoms with van der Waals surface area (Å²) in [6, 6.07) is 11.5. The molecular weight excluding hydrogens is 552 g/mol. The lowest BCUT2D eigenvalue weighted by atomic mass is 9.87. The molecule has 0 saturated carbocycles. The Hall–Kier alpha value is -4.25. The van der Waals surface area contributed by atoms with Gasteiger partial charge in [0.2, 0.25) is 11.8 Å². The van der Waals surface area contributed by atoms with Crippen molar-refractivity contribution in [3.05, 3.63) is 77.1 Å². The molecule has 0 aliphatic carbocycles. The van der Waals surface area contributed by atoms with E-state index >= 15 is 0 Å². The second-order valence-corrected chi connectivity index (χ2v) is 13.7. The number of ether oxygens (including phenoxy) is 1. The van der Waals surface area contributed by atoms with Crippen molar-refractivity contribution < 1.29 is 17.9 Å². The monoisotopic (exact) mass is 588 g/mol. The first kappa shape index (κ1) is 29.2. The van der Waals surface area contributed by atoms with E-state index in [1.54, 1.807) is 41.2 Å². The van der Waals surface area contributed by atoms with Crippen molar-refractivity contribution in [1.82, 2.24) is 19.7 Å². The second kappa shape index (κ2) is 10.9. The number of fused-ring (bicyclic) bond motifs is 4. The highest BCUT2D eigenvalue weighted by atomic mass is 32.2. The molecule has 0 spiro atoms. The van der Waals surface area contributed by atoms with E-state index in [-0.39, 0.29) is 40.2 Å². The molecule has 3 heterocycles. The number of nitrogens with zero attached hydrogens (tertiary/aromatic N) is 5. The van der Waals surface area contributed by atoms with E-state index in [0.717, 1.165) is 16.7 Å². The number of benzene rings is 2. The Morgan fingerprint density at radius 1 is 1.05 bits per heavy atom. The van der Waals surface area contributed by atoms with Crippen LogP contribution in [0.15, 0.2) is 59.8 Å². The normalized spacial score (nSPS) is 17.0. The molecule has 1 atom stereocenters. The van der Waals surface area contributed by atoms with E-state index in [2.05, 4.69) is 40.6 Å². The molecule has 10 nitrogen and oxygen atoms in total. The van der Waals surface area contributed by atoms with Crippen LogP contribution in [-0.2, 0) is 17.1 Å². The zero-order valence-corrected chi connectivity index (χ0v) is 25.8. The molecule has 42 heavy (non-hydrogen) atoms. The van der Waals surface area contributed by atoms with E-state index in [1.165, 1.54) is 12.1 Å². The van der Waals surface area contributed by atoms with E-state index in [1.807, 2.05) is 39.0 Å². The summed E-state index contributed by atoms with van der Waals surface area (Å²) in [7, 11) is -2.37. The van der Waals surface area contributed by atoms with Crippen LogP contribution in [0.5, 0.6) is 5.88 Å². The lowest BCUT2D eigenvalue weighted by Gasteiger charge is -2.35. The van der Waals surface area contributed by atoms with Crippen molar-refractivity contribution in [1.29, 1.82) is 0 Å². The maximum Gasteiger partial charge on any atom is 0.264 e. The van der Waals surface area contributed by atoms with Crippen LogP contribution in [0.4, 0.5) is 11.6 Å². The predicted molar refractivity (Wildman–Crippen MR) is 162 cm³/mol. The maximum absolute atomic E-state index is 14.2. The van der Waals surface area contributed by atoms with Crippen LogP contribution < -0.4 is 14.4 Å². The molecule has 4 bridgehead atoms. The predicted octanol–water partition coefficient (Wildman–Crippen LogP) is 5.45. The van der Waals surface area contributed by atoms with Gasteiger partial charge in [0.1, 0.15) is 6.61 Å². The fourth-order valence-corrected chi connectivity index (χ4v) is 6.35. The third-order valence-electron chi connectivity index (χ3n) is 7.25. The zero-order valence-electron chi connectivity index (χ0n) is 25.0. The number of nitrogens with one attached hydrogen (secondary N) is 1. The first-order valence-electron chi connectivity index (χ1n) is 13.8. The Morgan fingerprint density at radius 3 is 2.38 bits per heavy atom. The maximum atomic E-state index is 14.2. The van der Waals surface area contributed by atoms with Crippen molar-refractivity contribution in [2.24, 2.45) is 12.5 Å². The Morgan fingerprint density at radius 2 is 1.74 bits per heavy atom. The zero-order chi connectivity index (χ0) is 30.4. The minimum atomic E-state index is -4.15. The first-order valence-corrected chi connectivity index (χ1v) is 15.2. The number of amides is 1. The largest absolute Gasteiger partial charge is 0.475 e. The Kier molecular flexibility index (Phi) is 7.57. The van der Waals surface area contributed by atoms with Gasteiger partial charge in [0.25, 0.3) is 15.9 Å². The van der Waals surface area contributed by atoms with Gasteiger partial charge in [0, 0.05) is 29.9 Å². The molecule has 5 rings (SSSR count). The van der Waals surface area contributed by atoms with Crippen LogP contribution >= 0.6 is 0 Å². The third-order valence-corrected chi connectivity index (χ3v) is 8.58. The van der Waals surface area contributed by atoms with Gasteiger partial charge in [0.05, 0.1) is 28.5 Å². The fourth-order valence-electron chi connectivity index (χ4n) is 5.36. The number of hydrogen-bond donors (Lipinski definition) is 1. The highest BCUT2D eigenvalue weighted by molar-refractivity contribution is 7.92. The quantitative estimate of drug-likeness (QED) is 0.338. The lowest BCUT2D eigenvalue weighted by molar-refractivity contribution is 0.0955. The molecule has 1 aliphatic heterocycles. The first-order chi connectivity index (χ1) is 19.7. The van der Waals surface area contributed by atoms with Crippen LogP contribution in [0, 0.1) is 26.2 Å². The number of carbonyl (C=O) groups is 1. The number of aryl methyl sites for hydroxylation is 3. The minimum absolute atomic E-state index is 0.0774. The number of sulfonamides is 1. The van der Waals surface area contributed by atoms with Gasteiger partial charge in [0.15, 0.2) is 0 Å². The van der Waals surface area contributed by atoms with E-state index in [4.69, 9.17) is 4.74 Å². The van der Waals surface area contributed by atoms with Crippen LogP contribution in [-0.4, -0.2) is 46.7 Å². The summed E-state index contributed by atoms with van der Waals surface area (Å²) in [5.41, 5.74) is 4.72. The van der Waals surface area contributed by atoms with Crippen molar-refractivity contribution in [2.45, 2.75) is 58.9 Å². The van der Waals surface area contributed by atoms with E-state index in [0.29, 0.717) is 23.4 Å². The lowest BCUT2D eigenvalue weighted by Crippen LogP contribution is -2.46. The van der Waals surface area contributed by atoms with Gasteiger partial charge in [-0.2, -0.15) is 10.1 Å². The van der Waals surface area contributed by atoms with Gasteiger partial charge in [-0.1, -0.05) is 45.0 Å². The summed E-state index contributed by atoms with van der Waals surface area (Å²) in [5.74, 6) is -0.229. The molecule has 2 aromatic carbocycles. The standard InChI is InChI=1S/C31H36N6O4S/c1-19-10-8-11-20(2)26(19)27-21(3)28-34-30(33-27)35-42(39,40)25-13-9-12-22(14-25)29(38)37(24-16-32-36(7)17-24)23(18-41-28)15-31(4,5)6/h8-14,16-17,23H,15,18H2,1-7H3,(H,33,34,35)/t23-/m1/s1. The summed E-state index contributed by atoms with van der Waals surface area (Å²) < 4.78 is 37.7. The number of rotatable bonds is 3. The number of aromatic nitrogens is 4. The van der Waals surface area contributed by atoms with Crippen LogP contribution in [0.25, 0.3) is 11.3 Å². The van der Waals surface area contributed by atoms with Gasteiger partial charge in [-0.05, 0) is 61.9 Å². The van der Waals surface area contributed by atoms with Crippen molar-refractivity contribution in [3.63, 3.8) is 0 Å². The molecule has 1 N–H and O–H groups in total. The summed E-state index contributed by atoms with van der Waals surface area (Å²) in [5, 5.41) is 4.31.